The average molecular weight is 582 g/mol. The third-order valence-corrected chi connectivity index (χ3v) is 7.96. The van der Waals surface area contributed by atoms with Crippen LogP contribution in [0.4, 0.5) is 10.1 Å². The van der Waals surface area contributed by atoms with Crippen LogP contribution in [0.2, 0.25) is 0 Å². The first-order valence-corrected chi connectivity index (χ1v) is 13.9. The van der Waals surface area contributed by atoms with Crippen LogP contribution >= 0.6 is 0 Å². The number of amides is 1. The van der Waals surface area contributed by atoms with Gasteiger partial charge in [0, 0.05) is 47.0 Å². The van der Waals surface area contributed by atoms with E-state index in [1.165, 1.54) is 52.3 Å². The molecule has 214 valence electrons. The number of fused-ring (bicyclic) bond motifs is 1. The highest BCUT2D eigenvalue weighted by Crippen LogP contribution is 2.34. The fourth-order valence-corrected chi connectivity index (χ4v) is 4.46. The van der Waals surface area contributed by atoms with Crippen LogP contribution in [0.3, 0.4) is 0 Å². The van der Waals surface area contributed by atoms with E-state index in [0.717, 1.165) is 6.21 Å². The zero-order valence-corrected chi connectivity index (χ0v) is 23.6. The molecule has 0 saturated heterocycles. The highest BCUT2D eigenvalue weighted by molar-refractivity contribution is 7.91. The molecule has 0 spiro atoms. The fraction of sp³-hybridized carbons (Fsp3) is 0.241. The van der Waals surface area contributed by atoms with Crippen LogP contribution in [0.5, 0.6) is 5.75 Å². The molecular formula is C29H28FN3O7S. The summed E-state index contributed by atoms with van der Waals surface area (Å²) in [5.74, 6) is -1.87. The van der Waals surface area contributed by atoms with Crippen LogP contribution in [0.25, 0.3) is 22.1 Å². The molecule has 4 rings (SSSR count). The molecule has 2 aromatic carbocycles. The number of aliphatic carboxylic acids is 1. The van der Waals surface area contributed by atoms with Crippen molar-refractivity contribution in [2.45, 2.75) is 45.5 Å². The van der Waals surface area contributed by atoms with Gasteiger partial charge in [-0.3, -0.25) is 14.6 Å². The summed E-state index contributed by atoms with van der Waals surface area (Å²) >= 11 is 0. The van der Waals surface area contributed by atoms with Crippen molar-refractivity contribution in [3.63, 3.8) is 0 Å². The summed E-state index contributed by atoms with van der Waals surface area (Å²) in [6.45, 7) is 5.80. The number of carbonyl (C=O) groups excluding carboxylic acids is 1. The molecule has 0 radical (unpaired) electrons. The molecule has 2 N–H and O–H groups in total. The smallest absolute Gasteiger partial charge is 0.307 e. The van der Waals surface area contributed by atoms with Crippen LogP contribution in [-0.4, -0.2) is 41.3 Å². The van der Waals surface area contributed by atoms with E-state index in [2.05, 4.69) is 14.7 Å². The first kappa shape index (κ1) is 29.4. The topological polar surface area (TPSA) is 148 Å². The van der Waals surface area contributed by atoms with E-state index in [4.69, 9.17) is 9.15 Å². The SMILES string of the molecule is CC(=O)Nc1ccc(CC(=O)O)c(OCc2cc(-c3ccnc(C=NS(=O)(=O)C(C)(C)C)c3F)c3occc3c2)c1. The lowest BCUT2D eigenvalue weighted by Crippen LogP contribution is -2.25. The molecule has 0 unspecified atom stereocenters. The number of carboxylic acid groups (broad SMARTS) is 1. The van der Waals surface area contributed by atoms with Crippen LogP contribution in [-0.2, 0) is 32.6 Å². The number of aromatic nitrogens is 1. The van der Waals surface area contributed by atoms with E-state index in [9.17, 15) is 23.1 Å². The van der Waals surface area contributed by atoms with E-state index in [0.29, 0.717) is 33.3 Å². The van der Waals surface area contributed by atoms with Gasteiger partial charge in [-0.15, -0.1) is 0 Å². The molecule has 0 atom stereocenters. The Labute approximate surface area is 235 Å². The van der Waals surface area contributed by atoms with Crippen LogP contribution in [0.15, 0.2) is 63.7 Å². The predicted octanol–water partition coefficient (Wildman–Crippen LogP) is 5.35. The maximum absolute atomic E-state index is 15.7. The van der Waals surface area contributed by atoms with Gasteiger partial charge in [-0.2, -0.15) is 4.40 Å². The molecule has 4 aromatic rings. The van der Waals surface area contributed by atoms with Crippen molar-refractivity contribution in [1.29, 1.82) is 0 Å². The lowest BCUT2D eigenvalue weighted by atomic mass is 10.00. The quantitative estimate of drug-likeness (QED) is 0.252. The molecule has 2 heterocycles. The second-order valence-electron chi connectivity index (χ2n) is 10.2. The van der Waals surface area contributed by atoms with Crippen molar-refractivity contribution < 1.29 is 36.7 Å². The van der Waals surface area contributed by atoms with Crippen molar-refractivity contribution in [3.05, 3.63) is 77.6 Å². The molecule has 0 bridgehead atoms. The van der Waals surface area contributed by atoms with Gasteiger partial charge in [0.05, 0.1) is 23.6 Å². The number of ether oxygens (including phenoxy) is 1. The lowest BCUT2D eigenvalue weighted by molar-refractivity contribution is -0.136. The van der Waals surface area contributed by atoms with Gasteiger partial charge in [0.1, 0.15) is 23.6 Å². The summed E-state index contributed by atoms with van der Waals surface area (Å²) in [4.78, 5) is 26.8. The first-order valence-electron chi connectivity index (χ1n) is 12.4. The van der Waals surface area contributed by atoms with E-state index < -0.39 is 26.6 Å². The zero-order chi connectivity index (χ0) is 29.9. The van der Waals surface area contributed by atoms with Gasteiger partial charge in [0.2, 0.25) is 5.91 Å². The van der Waals surface area contributed by atoms with Crippen molar-refractivity contribution in [1.82, 2.24) is 4.98 Å². The Balaban J connectivity index is 1.71. The normalized spacial score (nSPS) is 12.1. The minimum atomic E-state index is -3.91. The maximum atomic E-state index is 15.7. The van der Waals surface area contributed by atoms with E-state index >= 15 is 4.39 Å². The second kappa shape index (κ2) is 11.5. The third kappa shape index (κ3) is 6.77. The number of sulfonamides is 1. The molecule has 0 aliphatic carbocycles. The predicted molar refractivity (Wildman–Crippen MR) is 152 cm³/mol. The Bertz CT molecular complexity index is 1770. The molecule has 2 aromatic heterocycles. The highest BCUT2D eigenvalue weighted by Gasteiger charge is 2.28. The lowest BCUT2D eigenvalue weighted by Gasteiger charge is -2.15. The Kier molecular flexibility index (Phi) is 8.24. The summed E-state index contributed by atoms with van der Waals surface area (Å²) < 4.78 is 54.5. The van der Waals surface area contributed by atoms with Crippen LogP contribution in [0, 0.1) is 5.82 Å². The van der Waals surface area contributed by atoms with Gasteiger partial charge in [-0.1, -0.05) is 6.07 Å². The van der Waals surface area contributed by atoms with Crippen LogP contribution < -0.4 is 10.1 Å². The molecule has 12 heteroatoms. The number of carboxylic acids is 1. The minimum absolute atomic E-state index is 0.0187. The fourth-order valence-electron chi connectivity index (χ4n) is 3.90. The summed E-state index contributed by atoms with van der Waals surface area (Å²) in [6, 6.07) is 11.3. The van der Waals surface area contributed by atoms with Gasteiger partial charge in [-0.25, -0.2) is 12.8 Å². The number of pyridine rings is 1. The van der Waals surface area contributed by atoms with Gasteiger partial charge in [-0.05, 0) is 56.7 Å². The van der Waals surface area contributed by atoms with Crippen LogP contribution in [0.1, 0.15) is 44.5 Å². The largest absolute Gasteiger partial charge is 0.489 e. The summed E-state index contributed by atoms with van der Waals surface area (Å²) in [5.41, 5.74) is 2.07. The number of carbonyl (C=O) groups is 2. The van der Waals surface area contributed by atoms with Gasteiger partial charge < -0.3 is 19.6 Å². The molecule has 0 saturated carbocycles. The Morgan fingerprint density at radius 3 is 2.59 bits per heavy atom. The summed E-state index contributed by atoms with van der Waals surface area (Å²) in [7, 11) is -3.91. The minimum Gasteiger partial charge on any atom is -0.489 e. The average Bonchev–Trinajstić information content (AvgIpc) is 3.35. The number of benzene rings is 2. The van der Waals surface area contributed by atoms with Crippen molar-refractivity contribution in [2.24, 2.45) is 4.40 Å². The number of hydrogen-bond donors (Lipinski definition) is 2. The number of anilines is 1. The van der Waals surface area contributed by atoms with E-state index in [1.54, 1.807) is 30.3 Å². The molecule has 41 heavy (non-hydrogen) atoms. The number of nitrogens with zero attached hydrogens (tertiary/aromatic N) is 2. The van der Waals surface area contributed by atoms with E-state index in [-0.39, 0.29) is 35.9 Å². The number of halogens is 1. The third-order valence-electron chi connectivity index (χ3n) is 6.03. The summed E-state index contributed by atoms with van der Waals surface area (Å²) in [6.07, 6.45) is 3.39. The monoisotopic (exact) mass is 581 g/mol. The van der Waals surface area contributed by atoms with Gasteiger partial charge >= 0.3 is 5.97 Å². The maximum Gasteiger partial charge on any atom is 0.307 e. The number of furan rings is 1. The molecule has 0 fully saturated rings. The standard InChI is InChI=1S/C29H28FN3O7S/c1-17(34)33-21-6-5-19(13-26(35)36)25(14-21)40-16-18-11-20-8-10-39-28(20)23(12-18)22-7-9-31-24(27(22)30)15-32-41(37,38)29(2,3)4/h5-12,14-15H,13,16H2,1-4H3,(H,33,34)(H,35,36). The molecule has 1 amide bonds. The van der Waals surface area contributed by atoms with Crippen molar-refractivity contribution in [2.75, 3.05) is 5.32 Å². The highest BCUT2D eigenvalue weighted by atomic mass is 32.2. The molecule has 0 aliphatic heterocycles. The Morgan fingerprint density at radius 1 is 1.15 bits per heavy atom. The number of hydrogen-bond acceptors (Lipinski definition) is 7. The molecule has 10 nitrogen and oxygen atoms in total. The van der Waals surface area contributed by atoms with Crippen molar-refractivity contribution in [3.8, 4) is 16.9 Å². The molecular weight excluding hydrogens is 553 g/mol. The Hall–Kier alpha value is -4.58. The van der Waals surface area contributed by atoms with E-state index in [1.807, 2.05) is 0 Å². The summed E-state index contributed by atoms with van der Waals surface area (Å²) in [5, 5.41) is 12.6. The second-order valence-corrected chi connectivity index (χ2v) is 12.6. The Morgan fingerprint density at radius 2 is 1.90 bits per heavy atom. The van der Waals surface area contributed by atoms with Gasteiger partial charge in [0.25, 0.3) is 10.0 Å². The van der Waals surface area contributed by atoms with Gasteiger partial charge in [0.15, 0.2) is 5.82 Å². The number of nitrogens with one attached hydrogen (secondary N) is 1. The van der Waals surface area contributed by atoms with Crippen molar-refractivity contribution >= 4 is 44.8 Å². The first-order chi connectivity index (χ1) is 19.2. The zero-order valence-electron chi connectivity index (χ0n) is 22.8. The molecule has 0 aliphatic rings. The number of rotatable bonds is 9.